The molecule has 0 bridgehead atoms. The monoisotopic (exact) mass is 222 g/mol. The normalized spacial score (nSPS) is 10.3. The van der Waals surface area contributed by atoms with Crippen molar-refractivity contribution in [1.29, 1.82) is 0 Å². The molecule has 0 spiro atoms. The Balaban J connectivity index is 2.53. The van der Waals surface area contributed by atoms with E-state index in [0.29, 0.717) is 16.4 Å². The molecule has 0 fully saturated rings. The molecule has 0 saturated carbocycles. The molecule has 15 heavy (non-hydrogen) atoms. The highest BCUT2D eigenvalue weighted by molar-refractivity contribution is 6.29. The number of nitrogens with zero attached hydrogens (tertiary/aromatic N) is 2. The van der Waals surface area contributed by atoms with Gasteiger partial charge in [-0.3, -0.25) is 4.98 Å². The highest BCUT2D eigenvalue weighted by Crippen LogP contribution is 2.21. The van der Waals surface area contributed by atoms with E-state index in [4.69, 9.17) is 11.6 Å². The van der Waals surface area contributed by atoms with Gasteiger partial charge < -0.3 is 0 Å². The summed E-state index contributed by atoms with van der Waals surface area (Å²) in [5.74, 6) is -0.308. The second-order valence-electron chi connectivity index (χ2n) is 3.21. The Morgan fingerprint density at radius 3 is 2.67 bits per heavy atom. The van der Waals surface area contributed by atoms with E-state index in [1.807, 2.05) is 6.92 Å². The zero-order chi connectivity index (χ0) is 10.8. The van der Waals surface area contributed by atoms with Crippen molar-refractivity contribution >= 4 is 11.6 Å². The van der Waals surface area contributed by atoms with E-state index in [0.717, 1.165) is 5.56 Å². The molecule has 0 radical (unpaired) electrons. The molecular formula is C11H8ClFN2. The lowest BCUT2D eigenvalue weighted by molar-refractivity contribution is 0.630. The summed E-state index contributed by atoms with van der Waals surface area (Å²) in [7, 11) is 0. The maximum Gasteiger partial charge on any atom is 0.147 e. The van der Waals surface area contributed by atoms with Crippen LogP contribution in [0.15, 0.2) is 30.6 Å². The van der Waals surface area contributed by atoms with E-state index >= 15 is 0 Å². The maximum atomic E-state index is 13.5. The number of aryl methyl sites for hydroxylation is 1. The lowest BCUT2D eigenvalue weighted by atomic mass is 10.1. The van der Waals surface area contributed by atoms with Gasteiger partial charge in [-0.2, -0.15) is 0 Å². The number of benzene rings is 1. The van der Waals surface area contributed by atoms with Crippen LogP contribution in [0.5, 0.6) is 0 Å². The van der Waals surface area contributed by atoms with Gasteiger partial charge in [0.2, 0.25) is 0 Å². The molecule has 2 aromatic rings. The molecule has 0 amide bonds. The summed E-state index contributed by atoms with van der Waals surface area (Å²) in [5.41, 5.74) is 1.91. The minimum atomic E-state index is -0.308. The lowest BCUT2D eigenvalue weighted by Crippen LogP contribution is -1.90. The first-order valence-electron chi connectivity index (χ1n) is 4.41. The zero-order valence-electron chi connectivity index (χ0n) is 8.04. The van der Waals surface area contributed by atoms with Crippen LogP contribution >= 0.6 is 11.6 Å². The molecule has 0 aliphatic heterocycles. The fourth-order valence-electron chi connectivity index (χ4n) is 1.29. The Labute approximate surface area is 91.8 Å². The van der Waals surface area contributed by atoms with Gasteiger partial charge in [-0.05, 0) is 19.1 Å². The minimum Gasteiger partial charge on any atom is -0.251 e. The number of hydrogen-bond acceptors (Lipinski definition) is 2. The third-order valence-corrected chi connectivity index (χ3v) is 2.21. The van der Waals surface area contributed by atoms with Gasteiger partial charge in [0.1, 0.15) is 11.0 Å². The standard InChI is InChI=1S/C11H8ClFN2/c1-7-2-3-9(13)8(4-7)10-5-15-11(12)6-14-10/h2-6H,1H3. The summed E-state index contributed by atoms with van der Waals surface area (Å²) in [5, 5.41) is 0.298. The van der Waals surface area contributed by atoms with E-state index < -0.39 is 0 Å². The average molecular weight is 223 g/mol. The summed E-state index contributed by atoms with van der Waals surface area (Å²) < 4.78 is 13.5. The maximum absolute atomic E-state index is 13.5. The van der Waals surface area contributed by atoms with Crippen molar-refractivity contribution in [2.75, 3.05) is 0 Å². The van der Waals surface area contributed by atoms with Crippen LogP contribution in [0.1, 0.15) is 5.56 Å². The first-order chi connectivity index (χ1) is 7.16. The highest BCUT2D eigenvalue weighted by Gasteiger charge is 2.06. The average Bonchev–Trinajstić information content (AvgIpc) is 2.23. The van der Waals surface area contributed by atoms with Crippen LogP contribution in [0.25, 0.3) is 11.3 Å². The summed E-state index contributed by atoms with van der Waals surface area (Å²) in [6.45, 7) is 1.90. The van der Waals surface area contributed by atoms with Gasteiger partial charge in [0.05, 0.1) is 18.1 Å². The molecule has 0 aliphatic rings. The van der Waals surface area contributed by atoms with E-state index in [-0.39, 0.29) is 5.82 Å². The van der Waals surface area contributed by atoms with E-state index in [2.05, 4.69) is 9.97 Å². The van der Waals surface area contributed by atoms with Crippen molar-refractivity contribution in [3.05, 3.63) is 47.1 Å². The van der Waals surface area contributed by atoms with Gasteiger partial charge >= 0.3 is 0 Å². The largest absolute Gasteiger partial charge is 0.251 e. The van der Waals surface area contributed by atoms with E-state index in [1.54, 1.807) is 12.1 Å². The zero-order valence-corrected chi connectivity index (χ0v) is 8.79. The number of rotatable bonds is 1. The molecule has 0 N–H and O–H groups in total. The Kier molecular flexibility index (Phi) is 2.64. The first kappa shape index (κ1) is 10.1. The van der Waals surface area contributed by atoms with Crippen LogP contribution in [0.3, 0.4) is 0 Å². The molecule has 1 aromatic carbocycles. The molecule has 0 atom stereocenters. The Morgan fingerprint density at radius 1 is 1.20 bits per heavy atom. The van der Waals surface area contributed by atoms with Crippen LogP contribution < -0.4 is 0 Å². The van der Waals surface area contributed by atoms with Gasteiger partial charge in [-0.25, -0.2) is 9.37 Å². The predicted octanol–water partition coefficient (Wildman–Crippen LogP) is 3.24. The fraction of sp³-hybridized carbons (Fsp3) is 0.0909. The lowest BCUT2D eigenvalue weighted by Gasteiger charge is -2.03. The Bertz CT molecular complexity index is 482. The van der Waals surface area contributed by atoms with Crippen molar-refractivity contribution in [2.45, 2.75) is 6.92 Å². The molecule has 0 aliphatic carbocycles. The summed E-state index contributed by atoms with van der Waals surface area (Å²) in [6.07, 6.45) is 2.86. The van der Waals surface area contributed by atoms with Gasteiger partial charge in [-0.15, -0.1) is 0 Å². The van der Waals surface area contributed by atoms with Crippen LogP contribution in [0.4, 0.5) is 4.39 Å². The molecule has 2 nitrogen and oxygen atoms in total. The van der Waals surface area contributed by atoms with Gasteiger partial charge in [0.25, 0.3) is 0 Å². The molecular weight excluding hydrogens is 215 g/mol. The minimum absolute atomic E-state index is 0.298. The second kappa shape index (κ2) is 3.95. The van der Waals surface area contributed by atoms with Crippen LogP contribution in [0.2, 0.25) is 5.15 Å². The van der Waals surface area contributed by atoms with Crippen molar-refractivity contribution < 1.29 is 4.39 Å². The van der Waals surface area contributed by atoms with Crippen molar-refractivity contribution in [3.63, 3.8) is 0 Å². The second-order valence-corrected chi connectivity index (χ2v) is 3.59. The summed E-state index contributed by atoms with van der Waals surface area (Å²) in [4.78, 5) is 7.88. The SMILES string of the molecule is Cc1ccc(F)c(-c2cnc(Cl)cn2)c1. The molecule has 76 valence electrons. The van der Waals surface area contributed by atoms with Crippen molar-refractivity contribution in [3.8, 4) is 11.3 Å². The van der Waals surface area contributed by atoms with Crippen LogP contribution in [0, 0.1) is 12.7 Å². The third kappa shape index (κ3) is 2.13. The van der Waals surface area contributed by atoms with E-state index in [9.17, 15) is 4.39 Å². The first-order valence-corrected chi connectivity index (χ1v) is 4.78. The Morgan fingerprint density at radius 2 is 2.00 bits per heavy atom. The fourth-order valence-corrected chi connectivity index (χ4v) is 1.38. The molecule has 2 rings (SSSR count). The summed E-state index contributed by atoms with van der Waals surface area (Å²) >= 11 is 5.60. The van der Waals surface area contributed by atoms with Crippen LogP contribution in [-0.2, 0) is 0 Å². The quantitative estimate of drug-likeness (QED) is 0.740. The molecule has 1 heterocycles. The van der Waals surface area contributed by atoms with Crippen molar-refractivity contribution in [1.82, 2.24) is 9.97 Å². The van der Waals surface area contributed by atoms with Crippen LogP contribution in [-0.4, -0.2) is 9.97 Å². The summed E-state index contributed by atoms with van der Waals surface area (Å²) in [6, 6.07) is 4.86. The van der Waals surface area contributed by atoms with E-state index in [1.165, 1.54) is 18.5 Å². The third-order valence-electron chi connectivity index (χ3n) is 2.02. The number of halogens is 2. The molecule has 4 heteroatoms. The smallest absolute Gasteiger partial charge is 0.147 e. The Hall–Kier alpha value is -1.48. The highest BCUT2D eigenvalue weighted by atomic mass is 35.5. The van der Waals surface area contributed by atoms with Gasteiger partial charge in [0, 0.05) is 5.56 Å². The topological polar surface area (TPSA) is 25.8 Å². The number of hydrogen-bond donors (Lipinski definition) is 0. The number of aromatic nitrogens is 2. The molecule has 0 saturated heterocycles. The van der Waals surface area contributed by atoms with Crippen molar-refractivity contribution in [2.24, 2.45) is 0 Å². The van der Waals surface area contributed by atoms with Gasteiger partial charge in [0.15, 0.2) is 0 Å². The molecule has 0 unspecified atom stereocenters. The van der Waals surface area contributed by atoms with Gasteiger partial charge in [-0.1, -0.05) is 23.2 Å². The predicted molar refractivity (Wildman–Crippen MR) is 57.2 cm³/mol. The molecule has 1 aromatic heterocycles.